The standard InChI is InChI=1S/C27H29F3N2O4/c1-2-18-15-21(7-10-23(18)35-14-13-31-16-26(34,17-31)27(28,29)30)32-12-11-24(25(32)33)36-22-8-5-20(6-9-22)19-3-4-19/h5-11,15,19,34H,2-4,12-14,16-17H2,1H3. The van der Waals surface area contributed by atoms with Gasteiger partial charge in [0.15, 0.2) is 11.4 Å². The van der Waals surface area contributed by atoms with Crippen LogP contribution < -0.4 is 14.4 Å². The van der Waals surface area contributed by atoms with Crippen molar-refractivity contribution in [1.29, 1.82) is 0 Å². The van der Waals surface area contributed by atoms with Crippen LogP contribution in [0, 0.1) is 0 Å². The molecule has 0 atom stereocenters. The number of ether oxygens (including phenoxy) is 2. The molecule has 2 aromatic carbocycles. The van der Waals surface area contributed by atoms with Gasteiger partial charge in [0, 0.05) is 31.9 Å². The fourth-order valence-corrected chi connectivity index (χ4v) is 4.60. The fraction of sp³-hybridized carbons (Fsp3) is 0.444. The van der Waals surface area contributed by atoms with E-state index in [-0.39, 0.29) is 19.1 Å². The van der Waals surface area contributed by atoms with E-state index in [1.165, 1.54) is 23.3 Å². The van der Waals surface area contributed by atoms with E-state index < -0.39 is 24.9 Å². The monoisotopic (exact) mass is 502 g/mol. The fourth-order valence-electron chi connectivity index (χ4n) is 4.60. The quantitative estimate of drug-likeness (QED) is 0.550. The highest BCUT2D eigenvalue weighted by atomic mass is 19.4. The molecule has 2 aliphatic heterocycles. The van der Waals surface area contributed by atoms with E-state index >= 15 is 0 Å². The Morgan fingerprint density at radius 2 is 1.83 bits per heavy atom. The van der Waals surface area contributed by atoms with Gasteiger partial charge in [0.2, 0.25) is 0 Å². The first-order valence-corrected chi connectivity index (χ1v) is 12.2. The highest BCUT2D eigenvalue weighted by Gasteiger charge is 2.60. The molecule has 1 saturated heterocycles. The van der Waals surface area contributed by atoms with E-state index in [0.29, 0.717) is 36.1 Å². The number of carbonyl (C=O) groups is 1. The molecule has 1 saturated carbocycles. The van der Waals surface area contributed by atoms with E-state index in [2.05, 4.69) is 12.1 Å². The Hall–Kier alpha value is -3.04. The largest absolute Gasteiger partial charge is 0.492 e. The lowest BCUT2D eigenvalue weighted by Crippen LogP contribution is -2.69. The number of aliphatic hydroxyl groups is 1. The molecular formula is C27H29F3N2O4. The molecule has 6 nitrogen and oxygen atoms in total. The number of alkyl halides is 3. The van der Waals surface area contributed by atoms with Crippen molar-refractivity contribution in [3.63, 3.8) is 0 Å². The molecule has 0 bridgehead atoms. The van der Waals surface area contributed by atoms with Crippen molar-refractivity contribution in [2.75, 3.05) is 37.7 Å². The maximum Gasteiger partial charge on any atom is 0.419 e. The van der Waals surface area contributed by atoms with Gasteiger partial charge in [-0.15, -0.1) is 0 Å². The molecule has 2 heterocycles. The van der Waals surface area contributed by atoms with Gasteiger partial charge < -0.3 is 19.5 Å². The van der Waals surface area contributed by atoms with Crippen molar-refractivity contribution in [1.82, 2.24) is 4.90 Å². The van der Waals surface area contributed by atoms with E-state index in [0.717, 1.165) is 11.3 Å². The first kappa shape index (κ1) is 24.6. The van der Waals surface area contributed by atoms with Crippen LogP contribution in [0.25, 0.3) is 0 Å². The lowest BCUT2D eigenvalue weighted by Gasteiger charge is -2.46. The third-order valence-corrected chi connectivity index (χ3v) is 6.97. The van der Waals surface area contributed by atoms with Crippen LogP contribution in [0.3, 0.4) is 0 Å². The molecule has 0 spiro atoms. The van der Waals surface area contributed by atoms with Gasteiger partial charge in [-0.3, -0.25) is 9.69 Å². The summed E-state index contributed by atoms with van der Waals surface area (Å²) in [6, 6.07) is 13.4. The summed E-state index contributed by atoms with van der Waals surface area (Å²) in [6.07, 6.45) is 0.262. The molecule has 192 valence electrons. The Balaban J connectivity index is 1.15. The van der Waals surface area contributed by atoms with Crippen LogP contribution in [0.15, 0.2) is 54.3 Å². The molecule has 3 aliphatic rings. The van der Waals surface area contributed by atoms with Gasteiger partial charge in [-0.05, 0) is 72.7 Å². The second kappa shape index (κ2) is 9.44. The number of β-amino-alcohol motifs (C(OH)–C–C–N with tert-alkyl or cyclic N) is 1. The number of likely N-dealkylation sites (tertiary alicyclic amines) is 1. The molecule has 0 unspecified atom stereocenters. The summed E-state index contributed by atoms with van der Waals surface area (Å²) in [5.74, 6) is 1.99. The number of rotatable bonds is 9. The maximum absolute atomic E-state index is 13.0. The van der Waals surface area contributed by atoms with Crippen molar-refractivity contribution in [2.45, 2.75) is 43.9 Å². The molecule has 9 heteroatoms. The SMILES string of the molecule is CCc1cc(N2CC=C(Oc3ccc(C4CC4)cc3)C2=O)ccc1OCCN1CC(O)(C(F)(F)F)C1. The van der Waals surface area contributed by atoms with Crippen LogP contribution in [0.1, 0.15) is 36.8 Å². The zero-order valence-electron chi connectivity index (χ0n) is 20.1. The van der Waals surface area contributed by atoms with Crippen LogP contribution >= 0.6 is 0 Å². The number of nitrogens with zero attached hydrogens (tertiary/aromatic N) is 2. The highest BCUT2D eigenvalue weighted by molar-refractivity contribution is 6.07. The summed E-state index contributed by atoms with van der Waals surface area (Å²) in [4.78, 5) is 16.1. The van der Waals surface area contributed by atoms with Gasteiger partial charge in [-0.25, -0.2) is 0 Å². The Morgan fingerprint density at radius 1 is 1.11 bits per heavy atom. The Morgan fingerprint density at radius 3 is 2.47 bits per heavy atom. The van der Waals surface area contributed by atoms with Crippen molar-refractivity contribution in [3.8, 4) is 11.5 Å². The van der Waals surface area contributed by atoms with Gasteiger partial charge in [0.1, 0.15) is 18.1 Å². The normalized spacial score (nSPS) is 19.8. The van der Waals surface area contributed by atoms with Gasteiger partial charge >= 0.3 is 6.18 Å². The van der Waals surface area contributed by atoms with Crippen molar-refractivity contribution in [3.05, 3.63) is 65.4 Å². The summed E-state index contributed by atoms with van der Waals surface area (Å²) in [5, 5.41) is 9.55. The predicted molar refractivity (Wildman–Crippen MR) is 128 cm³/mol. The topological polar surface area (TPSA) is 62.2 Å². The van der Waals surface area contributed by atoms with Crippen LogP contribution in [0.4, 0.5) is 18.9 Å². The van der Waals surface area contributed by atoms with Crippen molar-refractivity contribution in [2.24, 2.45) is 0 Å². The Bertz CT molecular complexity index is 1150. The average molecular weight is 503 g/mol. The number of hydrogen-bond donors (Lipinski definition) is 1. The first-order chi connectivity index (χ1) is 17.2. The average Bonchev–Trinajstić information content (AvgIpc) is 3.62. The van der Waals surface area contributed by atoms with Crippen LogP contribution in [-0.2, 0) is 11.2 Å². The predicted octanol–water partition coefficient (Wildman–Crippen LogP) is 4.42. The number of benzene rings is 2. The van der Waals surface area contributed by atoms with Crippen LogP contribution in [0.5, 0.6) is 11.5 Å². The number of carbonyl (C=O) groups excluding carboxylic acids is 1. The zero-order chi connectivity index (χ0) is 25.5. The number of anilines is 1. The Kier molecular flexibility index (Phi) is 6.46. The minimum absolute atomic E-state index is 0.196. The molecule has 0 radical (unpaired) electrons. The number of aryl methyl sites for hydroxylation is 1. The van der Waals surface area contributed by atoms with Crippen LogP contribution in [-0.4, -0.2) is 60.5 Å². The molecule has 36 heavy (non-hydrogen) atoms. The minimum atomic E-state index is -4.62. The Labute approximate surface area is 207 Å². The first-order valence-electron chi connectivity index (χ1n) is 12.2. The third-order valence-electron chi connectivity index (χ3n) is 6.97. The van der Waals surface area contributed by atoms with Crippen molar-refractivity contribution < 1.29 is 32.5 Å². The lowest BCUT2D eigenvalue weighted by molar-refractivity contribution is -0.301. The highest BCUT2D eigenvalue weighted by Crippen LogP contribution is 2.40. The second-order valence-corrected chi connectivity index (χ2v) is 9.66. The molecule has 1 amide bonds. The van der Waals surface area contributed by atoms with Crippen LogP contribution in [0.2, 0.25) is 0 Å². The third kappa shape index (κ3) is 4.95. The number of halogens is 3. The van der Waals surface area contributed by atoms with E-state index in [4.69, 9.17) is 9.47 Å². The summed E-state index contributed by atoms with van der Waals surface area (Å²) in [7, 11) is 0. The lowest BCUT2D eigenvalue weighted by atomic mass is 9.94. The zero-order valence-corrected chi connectivity index (χ0v) is 20.1. The van der Waals surface area contributed by atoms with E-state index in [9.17, 15) is 23.1 Å². The van der Waals surface area contributed by atoms with E-state index in [1.54, 1.807) is 23.1 Å². The summed E-state index contributed by atoms with van der Waals surface area (Å²) >= 11 is 0. The number of hydrogen-bond acceptors (Lipinski definition) is 5. The van der Waals surface area contributed by atoms with Gasteiger partial charge in [-0.1, -0.05) is 19.1 Å². The molecule has 0 aromatic heterocycles. The molecule has 5 rings (SSSR count). The minimum Gasteiger partial charge on any atom is -0.492 e. The number of amides is 1. The molecule has 1 N–H and O–H groups in total. The molecular weight excluding hydrogens is 473 g/mol. The summed E-state index contributed by atoms with van der Waals surface area (Å²) < 4.78 is 50.0. The van der Waals surface area contributed by atoms with Gasteiger partial charge in [-0.2, -0.15) is 13.2 Å². The maximum atomic E-state index is 13.0. The van der Waals surface area contributed by atoms with Gasteiger partial charge in [0.05, 0.1) is 0 Å². The molecule has 2 fully saturated rings. The molecule has 1 aliphatic carbocycles. The van der Waals surface area contributed by atoms with Gasteiger partial charge in [0.25, 0.3) is 5.91 Å². The molecule has 2 aromatic rings. The summed E-state index contributed by atoms with van der Waals surface area (Å²) in [5.41, 5.74) is 0.293. The smallest absolute Gasteiger partial charge is 0.419 e. The van der Waals surface area contributed by atoms with E-state index in [1.807, 2.05) is 25.1 Å². The van der Waals surface area contributed by atoms with Crippen molar-refractivity contribution >= 4 is 11.6 Å². The summed E-state index contributed by atoms with van der Waals surface area (Å²) in [6.45, 7) is 1.95. The second-order valence-electron chi connectivity index (χ2n) is 9.66.